The molecule has 0 radical (unpaired) electrons. The summed E-state index contributed by atoms with van der Waals surface area (Å²) in [5.41, 5.74) is 6.12. The number of hydrogen-bond acceptors (Lipinski definition) is 3. The van der Waals surface area contributed by atoms with E-state index in [4.69, 9.17) is 10.8 Å². The fourth-order valence-corrected chi connectivity index (χ4v) is 1.13. The molecule has 66 valence electrons. The minimum atomic E-state index is -0.161. The number of nitrogens with two attached hydrogens (primary N) is 1. The van der Waals surface area contributed by atoms with Crippen LogP contribution in [0.3, 0.4) is 0 Å². The van der Waals surface area contributed by atoms with Crippen LogP contribution in [0.1, 0.15) is 11.5 Å². The number of rotatable bonds is 3. The van der Waals surface area contributed by atoms with Gasteiger partial charge in [-0.2, -0.15) is 0 Å². The summed E-state index contributed by atoms with van der Waals surface area (Å²) in [5, 5.41) is 18.3. The van der Waals surface area contributed by atoms with E-state index in [-0.39, 0.29) is 18.3 Å². The zero-order valence-electron chi connectivity index (χ0n) is 6.77. The average molecular weight is 167 g/mol. The molecule has 12 heavy (non-hydrogen) atoms. The van der Waals surface area contributed by atoms with Gasteiger partial charge in [0.1, 0.15) is 5.75 Å². The van der Waals surface area contributed by atoms with E-state index in [0.29, 0.717) is 12.1 Å². The molecule has 0 heterocycles. The molecule has 0 spiro atoms. The van der Waals surface area contributed by atoms with Crippen LogP contribution < -0.4 is 5.73 Å². The van der Waals surface area contributed by atoms with Gasteiger partial charge in [-0.3, -0.25) is 0 Å². The van der Waals surface area contributed by atoms with Crippen molar-refractivity contribution in [2.45, 2.75) is 5.92 Å². The Bertz CT molecular complexity index is 246. The van der Waals surface area contributed by atoms with Crippen molar-refractivity contribution >= 4 is 0 Å². The molecule has 0 saturated heterocycles. The molecular weight excluding hydrogens is 154 g/mol. The highest BCUT2D eigenvalue weighted by Gasteiger charge is 2.11. The molecule has 3 nitrogen and oxygen atoms in total. The van der Waals surface area contributed by atoms with E-state index in [1.807, 2.05) is 6.07 Å². The number of aromatic hydroxyl groups is 1. The summed E-state index contributed by atoms with van der Waals surface area (Å²) in [7, 11) is 0. The van der Waals surface area contributed by atoms with E-state index in [1.54, 1.807) is 18.2 Å². The van der Waals surface area contributed by atoms with E-state index < -0.39 is 0 Å². The Morgan fingerprint density at radius 3 is 2.50 bits per heavy atom. The summed E-state index contributed by atoms with van der Waals surface area (Å²) >= 11 is 0. The maximum absolute atomic E-state index is 9.38. The average Bonchev–Trinajstić information content (AvgIpc) is 2.10. The van der Waals surface area contributed by atoms with Crippen molar-refractivity contribution in [3.05, 3.63) is 29.8 Å². The van der Waals surface area contributed by atoms with Gasteiger partial charge in [-0.05, 0) is 6.07 Å². The van der Waals surface area contributed by atoms with Gasteiger partial charge >= 0.3 is 0 Å². The molecule has 0 aliphatic rings. The fourth-order valence-electron chi connectivity index (χ4n) is 1.13. The van der Waals surface area contributed by atoms with Gasteiger partial charge in [0.15, 0.2) is 0 Å². The van der Waals surface area contributed by atoms with Crippen LogP contribution in [0.15, 0.2) is 24.3 Å². The van der Waals surface area contributed by atoms with E-state index in [2.05, 4.69) is 0 Å². The molecule has 3 heteroatoms. The fraction of sp³-hybridized carbons (Fsp3) is 0.333. The maximum atomic E-state index is 9.38. The van der Waals surface area contributed by atoms with E-state index >= 15 is 0 Å². The van der Waals surface area contributed by atoms with Crippen LogP contribution in [-0.4, -0.2) is 23.4 Å². The number of phenols is 1. The van der Waals surface area contributed by atoms with Crippen molar-refractivity contribution in [2.75, 3.05) is 13.2 Å². The highest BCUT2D eigenvalue weighted by atomic mass is 16.3. The molecule has 1 aromatic carbocycles. The summed E-state index contributed by atoms with van der Waals surface area (Å²) in [6, 6.07) is 6.91. The first-order valence-corrected chi connectivity index (χ1v) is 3.88. The third-order valence-corrected chi connectivity index (χ3v) is 1.88. The zero-order chi connectivity index (χ0) is 8.97. The number of benzene rings is 1. The minimum Gasteiger partial charge on any atom is -0.508 e. The van der Waals surface area contributed by atoms with Crippen LogP contribution in [0.4, 0.5) is 0 Å². The summed E-state index contributed by atoms with van der Waals surface area (Å²) in [4.78, 5) is 0. The highest BCUT2D eigenvalue weighted by molar-refractivity contribution is 5.35. The predicted octanol–water partition coefficient (Wildman–Crippen LogP) is 0.427. The predicted molar refractivity (Wildman–Crippen MR) is 47.0 cm³/mol. The molecule has 0 aliphatic carbocycles. The first-order chi connectivity index (χ1) is 5.79. The van der Waals surface area contributed by atoms with Crippen LogP contribution in [0.2, 0.25) is 0 Å². The quantitative estimate of drug-likeness (QED) is 0.611. The molecule has 0 fully saturated rings. The van der Waals surface area contributed by atoms with Gasteiger partial charge < -0.3 is 15.9 Å². The molecule has 1 unspecified atom stereocenters. The van der Waals surface area contributed by atoms with Crippen LogP contribution in [-0.2, 0) is 0 Å². The minimum absolute atomic E-state index is 0.0337. The lowest BCUT2D eigenvalue weighted by molar-refractivity contribution is 0.265. The van der Waals surface area contributed by atoms with Crippen LogP contribution >= 0.6 is 0 Å². The lowest BCUT2D eigenvalue weighted by atomic mass is 9.99. The number of para-hydroxylation sites is 1. The summed E-state index contributed by atoms with van der Waals surface area (Å²) in [5.74, 6) is 0.0354. The molecular formula is C9H13NO2. The third kappa shape index (κ3) is 1.75. The summed E-state index contributed by atoms with van der Waals surface area (Å²) < 4.78 is 0. The largest absolute Gasteiger partial charge is 0.508 e. The molecule has 4 N–H and O–H groups in total. The Hall–Kier alpha value is -1.06. The smallest absolute Gasteiger partial charge is 0.119 e. The third-order valence-electron chi connectivity index (χ3n) is 1.88. The van der Waals surface area contributed by atoms with E-state index in [0.717, 1.165) is 0 Å². The van der Waals surface area contributed by atoms with Crippen molar-refractivity contribution in [2.24, 2.45) is 5.73 Å². The van der Waals surface area contributed by atoms with Crippen molar-refractivity contribution in [1.82, 2.24) is 0 Å². The normalized spacial score (nSPS) is 12.8. The van der Waals surface area contributed by atoms with Gasteiger partial charge in [0.05, 0.1) is 6.61 Å². The second-order valence-electron chi connectivity index (χ2n) is 2.67. The highest BCUT2D eigenvalue weighted by Crippen LogP contribution is 2.23. The summed E-state index contributed by atoms with van der Waals surface area (Å²) in [6.45, 7) is 0.308. The standard InChI is InChI=1S/C9H13NO2/c10-5-7(6-11)8-3-1-2-4-9(8)12/h1-4,7,11-12H,5-6,10H2. The van der Waals surface area contributed by atoms with E-state index in [1.165, 1.54) is 0 Å². The second kappa shape index (κ2) is 4.09. The van der Waals surface area contributed by atoms with Crippen molar-refractivity contribution in [3.8, 4) is 5.75 Å². The Morgan fingerprint density at radius 1 is 1.33 bits per heavy atom. The Kier molecular flexibility index (Phi) is 3.08. The van der Waals surface area contributed by atoms with Gasteiger partial charge in [-0.15, -0.1) is 0 Å². The van der Waals surface area contributed by atoms with Crippen molar-refractivity contribution < 1.29 is 10.2 Å². The molecule has 1 atom stereocenters. The topological polar surface area (TPSA) is 66.5 Å². The number of hydrogen-bond donors (Lipinski definition) is 3. The first kappa shape index (κ1) is 9.03. The van der Waals surface area contributed by atoms with Gasteiger partial charge in [0.25, 0.3) is 0 Å². The Balaban J connectivity index is 2.92. The van der Waals surface area contributed by atoms with Crippen LogP contribution in [0.5, 0.6) is 5.75 Å². The first-order valence-electron chi connectivity index (χ1n) is 3.88. The monoisotopic (exact) mass is 167 g/mol. The zero-order valence-corrected chi connectivity index (χ0v) is 6.77. The molecule has 0 bridgehead atoms. The number of phenolic OH excluding ortho intramolecular Hbond substituents is 1. The molecule has 0 aromatic heterocycles. The van der Waals surface area contributed by atoms with Gasteiger partial charge in [0, 0.05) is 18.0 Å². The SMILES string of the molecule is NCC(CO)c1ccccc1O. The molecule has 1 aromatic rings. The van der Waals surface area contributed by atoms with Gasteiger partial charge in [0.2, 0.25) is 0 Å². The molecule has 0 saturated carbocycles. The van der Waals surface area contributed by atoms with Crippen molar-refractivity contribution in [3.63, 3.8) is 0 Å². The summed E-state index contributed by atoms with van der Waals surface area (Å²) in [6.07, 6.45) is 0. The second-order valence-corrected chi connectivity index (χ2v) is 2.67. The van der Waals surface area contributed by atoms with Gasteiger partial charge in [-0.1, -0.05) is 18.2 Å². The maximum Gasteiger partial charge on any atom is 0.119 e. The lowest BCUT2D eigenvalue weighted by Crippen LogP contribution is -2.15. The van der Waals surface area contributed by atoms with Crippen LogP contribution in [0.25, 0.3) is 0 Å². The lowest BCUT2D eigenvalue weighted by Gasteiger charge is -2.12. The Morgan fingerprint density at radius 2 is 2.00 bits per heavy atom. The number of aliphatic hydroxyl groups is 1. The Labute approximate surface area is 71.5 Å². The molecule has 0 amide bonds. The molecule has 0 aliphatic heterocycles. The van der Waals surface area contributed by atoms with Crippen molar-refractivity contribution in [1.29, 1.82) is 0 Å². The van der Waals surface area contributed by atoms with Crippen LogP contribution in [0, 0.1) is 0 Å². The molecule has 1 rings (SSSR count). The van der Waals surface area contributed by atoms with E-state index in [9.17, 15) is 5.11 Å². The van der Waals surface area contributed by atoms with Gasteiger partial charge in [-0.25, -0.2) is 0 Å². The number of aliphatic hydroxyl groups excluding tert-OH is 1.